The predicted molar refractivity (Wildman–Crippen MR) is 230 cm³/mol. The molecule has 2 aliphatic heterocycles. The topological polar surface area (TPSA) is 167 Å². The number of fused-ring (bicyclic) bond motifs is 10. The van der Waals surface area contributed by atoms with Gasteiger partial charge in [0.15, 0.2) is 11.3 Å². The molecule has 10 rings (SSSR count). The van der Waals surface area contributed by atoms with Gasteiger partial charge in [-0.2, -0.15) is 0 Å². The molecule has 60 heavy (non-hydrogen) atoms. The summed E-state index contributed by atoms with van der Waals surface area (Å²) >= 11 is 0. The molecule has 2 saturated heterocycles. The summed E-state index contributed by atoms with van der Waals surface area (Å²) in [6.45, 7) is 10.2. The standard InChI is InChI=1S/C23H25N5O2.C21H21N5O2.Na.H2O/c1-3-30-23(29)17-15-16-9-10-20(27-12-6-11-26(2)13-14-27)25-21(16)28-19-8-5-4-7-18(19)24-22(17)28;1-24-9-4-10-25(12-11-24)18-8-7-14-13-15(21(27)28)20-22-16-5-2-3-6-17(16)26(20)19(14)23-18;;/h4-5,7-10,15H,3,6,11-14H2,1-2H3;2-3,5-8,13H,4,9-12H2,1H3,(H,27,28);;1H2/q;;+1;/p-1. The number of rotatable bonds is 5. The maximum atomic E-state index is 12.7. The van der Waals surface area contributed by atoms with Gasteiger partial charge < -0.3 is 34.9 Å². The van der Waals surface area contributed by atoms with E-state index in [4.69, 9.17) is 19.7 Å². The van der Waals surface area contributed by atoms with E-state index in [1.807, 2.05) is 94.6 Å². The first kappa shape index (κ1) is 42.7. The Morgan fingerprint density at radius 2 is 1.07 bits per heavy atom. The molecule has 8 heterocycles. The summed E-state index contributed by atoms with van der Waals surface area (Å²) in [5.41, 5.74) is 6.62. The van der Waals surface area contributed by atoms with E-state index in [1.165, 1.54) is 0 Å². The third-order valence-electron chi connectivity index (χ3n) is 11.2. The Labute approximate surface area is 368 Å². The van der Waals surface area contributed by atoms with Gasteiger partial charge in [0.2, 0.25) is 0 Å². The van der Waals surface area contributed by atoms with Crippen LogP contribution in [0.3, 0.4) is 0 Å². The summed E-state index contributed by atoms with van der Waals surface area (Å²) in [5.74, 6) is 0.534. The minimum Gasteiger partial charge on any atom is -0.870 e. The van der Waals surface area contributed by atoms with Crippen molar-refractivity contribution in [3.8, 4) is 0 Å². The predicted octanol–water partition coefficient (Wildman–Crippen LogP) is 3.06. The Morgan fingerprint density at radius 1 is 0.600 bits per heavy atom. The number of imidazole rings is 2. The van der Waals surface area contributed by atoms with Gasteiger partial charge in [-0.05, 0) is 108 Å². The Morgan fingerprint density at radius 3 is 1.55 bits per heavy atom. The molecule has 0 unspecified atom stereocenters. The van der Waals surface area contributed by atoms with Crippen LogP contribution in [0.15, 0.2) is 84.9 Å². The van der Waals surface area contributed by atoms with Gasteiger partial charge in [0.05, 0.1) is 28.7 Å². The third kappa shape index (κ3) is 8.08. The smallest absolute Gasteiger partial charge is 0.870 e. The van der Waals surface area contributed by atoms with Crippen LogP contribution in [0.4, 0.5) is 11.6 Å². The molecule has 0 aliphatic carbocycles. The number of carboxylic acids is 1. The molecule has 0 radical (unpaired) electrons. The molecule has 304 valence electrons. The van der Waals surface area contributed by atoms with E-state index in [-0.39, 0.29) is 46.6 Å². The second-order valence-corrected chi connectivity index (χ2v) is 15.1. The quantitative estimate of drug-likeness (QED) is 0.199. The van der Waals surface area contributed by atoms with E-state index in [9.17, 15) is 14.7 Å². The van der Waals surface area contributed by atoms with Crippen molar-refractivity contribution < 1.29 is 54.5 Å². The van der Waals surface area contributed by atoms with E-state index < -0.39 is 5.97 Å². The van der Waals surface area contributed by atoms with Crippen molar-refractivity contribution in [2.45, 2.75) is 19.8 Å². The number of aromatic carboxylic acids is 1. The van der Waals surface area contributed by atoms with Crippen LogP contribution < -0.4 is 39.4 Å². The summed E-state index contributed by atoms with van der Waals surface area (Å²) in [6, 6.07) is 27.2. The van der Waals surface area contributed by atoms with Crippen LogP contribution in [0.1, 0.15) is 40.5 Å². The molecule has 0 amide bonds. The van der Waals surface area contributed by atoms with Crippen molar-refractivity contribution >= 4 is 79.0 Å². The molecule has 2 aliphatic rings. The van der Waals surface area contributed by atoms with Gasteiger partial charge >= 0.3 is 41.5 Å². The van der Waals surface area contributed by atoms with Crippen molar-refractivity contribution in [1.82, 2.24) is 38.5 Å². The van der Waals surface area contributed by atoms with Crippen LogP contribution in [0, 0.1) is 0 Å². The van der Waals surface area contributed by atoms with Crippen molar-refractivity contribution in [3.63, 3.8) is 0 Å². The number of aromatic nitrogens is 6. The number of pyridine rings is 4. The van der Waals surface area contributed by atoms with E-state index >= 15 is 0 Å². The summed E-state index contributed by atoms with van der Waals surface area (Å²) in [6.07, 6.45) is 2.21. The van der Waals surface area contributed by atoms with Gasteiger partial charge in [-0.15, -0.1) is 0 Å². The molecule has 6 aromatic heterocycles. The maximum absolute atomic E-state index is 12.7. The van der Waals surface area contributed by atoms with Crippen molar-refractivity contribution in [1.29, 1.82) is 0 Å². The van der Waals surface area contributed by atoms with E-state index in [2.05, 4.69) is 38.7 Å². The van der Waals surface area contributed by atoms with E-state index in [0.29, 0.717) is 23.5 Å². The molecule has 2 N–H and O–H groups in total. The fourth-order valence-electron chi connectivity index (χ4n) is 8.18. The Balaban J connectivity index is 0.000000176. The van der Waals surface area contributed by atoms with Crippen LogP contribution in [-0.2, 0) is 4.74 Å². The number of carbonyl (C=O) groups excluding carboxylic acids is 1. The molecule has 2 aromatic carbocycles. The average Bonchev–Trinajstić information content (AvgIpc) is 3.65. The first-order valence-electron chi connectivity index (χ1n) is 20.0. The third-order valence-corrected chi connectivity index (χ3v) is 11.2. The van der Waals surface area contributed by atoms with Gasteiger partial charge in [-0.25, -0.2) is 29.5 Å². The number of nitrogens with zero attached hydrogens (tertiary/aromatic N) is 10. The number of likely N-dealkylation sites (N-methyl/N-ethyl adjacent to an activating group) is 2. The van der Waals surface area contributed by atoms with Crippen LogP contribution in [0.5, 0.6) is 0 Å². The van der Waals surface area contributed by atoms with E-state index in [1.54, 1.807) is 6.07 Å². The fourth-order valence-corrected chi connectivity index (χ4v) is 8.18. The minimum atomic E-state index is -0.984. The van der Waals surface area contributed by atoms with Gasteiger partial charge in [-0.3, -0.25) is 8.80 Å². The minimum absolute atomic E-state index is 0. The van der Waals surface area contributed by atoms with Gasteiger partial charge in [-0.1, -0.05) is 24.3 Å². The molecular weight excluding hydrogens is 772 g/mol. The number of carbonyl (C=O) groups is 2. The number of ether oxygens (including phenoxy) is 1. The average molecular weight is 819 g/mol. The maximum Gasteiger partial charge on any atom is 1.00 e. The Hall–Kier alpha value is -5.42. The first-order chi connectivity index (χ1) is 28.3. The number of benzene rings is 2. The van der Waals surface area contributed by atoms with Crippen molar-refractivity contribution in [2.75, 3.05) is 82.9 Å². The molecule has 16 heteroatoms. The Bertz CT molecular complexity index is 2860. The summed E-state index contributed by atoms with van der Waals surface area (Å²) in [5, 5.41) is 11.4. The summed E-state index contributed by atoms with van der Waals surface area (Å²) in [7, 11) is 4.31. The number of carboxylic acid groups (broad SMARTS) is 1. The van der Waals surface area contributed by atoms with Crippen LogP contribution in [-0.4, -0.2) is 134 Å². The van der Waals surface area contributed by atoms with Crippen molar-refractivity contribution in [2.24, 2.45) is 0 Å². The summed E-state index contributed by atoms with van der Waals surface area (Å²) < 4.78 is 9.17. The van der Waals surface area contributed by atoms with Crippen LogP contribution in [0.25, 0.3) is 55.4 Å². The molecule has 0 spiro atoms. The number of anilines is 2. The van der Waals surface area contributed by atoms with Gasteiger partial charge in [0, 0.05) is 50.0 Å². The summed E-state index contributed by atoms with van der Waals surface area (Å²) in [4.78, 5) is 53.1. The normalized spacial score (nSPS) is 15.4. The zero-order chi connectivity index (χ0) is 39.9. The molecule has 8 aromatic rings. The fraction of sp³-hybridized carbons (Fsp3) is 0.318. The SMILES string of the molecule is CCOC(=O)c1cc2ccc(N3CCCN(C)CC3)nc2n2c1nc1ccccc12.CN1CCCN(c2ccc3cc(C(=O)O)c4nc5ccccc5n4c3n2)CC1.[Na+].[OH-]. The number of hydrogen-bond donors (Lipinski definition) is 1. The number of hydrogen-bond acceptors (Lipinski definition) is 12. The van der Waals surface area contributed by atoms with Crippen LogP contribution in [0.2, 0.25) is 0 Å². The molecule has 0 bridgehead atoms. The first-order valence-corrected chi connectivity index (χ1v) is 20.0. The molecule has 2 fully saturated rings. The molecule has 0 atom stereocenters. The van der Waals surface area contributed by atoms with E-state index in [0.717, 1.165) is 121 Å². The molecular formula is C44H47N10NaO5. The zero-order valence-corrected chi connectivity index (χ0v) is 36.5. The largest absolute Gasteiger partial charge is 1.00 e. The molecule has 0 saturated carbocycles. The Kier molecular flexibility index (Phi) is 12.8. The monoisotopic (exact) mass is 818 g/mol. The molecule has 15 nitrogen and oxygen atoms in total. The number of para-hydroxylation sites is 4. The zero-order valence-electron chi connectivity index (χ0n) is 34.5. The second kappa shape index (κ2) is 18.1. The van der Waals surface area contributed by atoms with Crippen LogP contribution >= 0.6 is 0 Å². The van der Waals surface area contributed by atoms with Crippen molar-refractivity contribution in [3.05, 3.63) is 96.1 Å². The van der Waals surface area contributed by atoms with Gasteiger partial charge in [0.25, 0.3) is 0 Å². The second-order valence-electron chi connectivity index (χ2n) is 15.1. The van der Waals surface area contributed by atoms with Gasteiger partial charge in [0.1, 0.15) is 34.1 Å². The number of esters is 1.